The lowest BCUT2D eigenvalue weighted by molar-refractivity contribution is 0.195. The predicted octanol–water partition coefficient (Wildman–Crippen LogP) is 16.7. The molecule has 2 atom stereocenters. The largest absolute Gasteiger partial charge is 0.376 e. The van der Waals surface area contributed by atoms with Gasteiger partial charge >= 0.3 is 6.85 Å². The van der Waals surface area contributed by atoms with Gasteiger partial charge in [0.15, 0.2) is 0 Å². The SMILES string of the molecule is CC(C)(C)c1ccc(N2B3c4cc(C(C)(C)C)cc5c4N(c4c3c(cc3ccccc43)-c3c2ccc2c3C(C)(C)c3cc4c(cc3-2)C(C)(C)CCC4(C)C)C2(C)CCCCC52C)c(-c2ccccc2)c1. The van der Waals surface area contributed by atoms with E-state index in [1.54, 1.807) is 16.7 Å². The zero-order chi connectivity index (χ0) is 49.0. The minimum atomic E-state index is -0.251. The lowest BCUT2D eigenvalue weighted by Crippen LogP contribution is -2.65. The van der Waals surface area contributed by atoms with Crippen LogP contribution in [-0.2, 0) is 32.5 Å². The highest BCUT2D eigenvalue weighted by atomic mass is 15.3. The fourth-order valence-corrected chi connectivity index (χ4v) is 15.2. The normalized spacial score (nSPS) is 22.7. The van der Waals surface area contributed by atoms with Gasteiger partial charge in [0.05, 0.1) is 5.54 Å². The summed E-state index contributed by atoms with van der Waals surface area (Å²) in [7, 11) is 0. The van der Waals surface area contributed by atoms with Crippen LogP contribution in [0.1, 0.15) is 174 Å². The molecule has 1 saturated carbocycles. The Balaban J connectivity index is 1.21. The topological polar surface area (TPSA) is 6.48 Å². The van der Waals surface area contributed by atoms with Gasteiger partial charge in [0, 0.05) is 50.1 Å². The Morgan fingerprint density at radius 2 is 1.16 bits per heavy atom. The third kappa shape index (κ3) is 5.64. The van der Waals surface area contributed by atoms with Crippen LogP contribution in [0.15, 0.2) is 115 Å². The fourth-order valence-electron chi connectivity index (χ4n) is 15.2. The molecule has 7 aromatic rings. The summed E-state index contributed by atoms with van der Waals surface area (Å²) in [6.45, 7) is 34.7. The van der Waals surface area contributed by atoms with Gasteiger partial charge in [0.1, 0.15) is 0 Å². The van der Waals surface area contributed by atoms with Gasteiger partial charge in [-0.1, -0.05) is 188 Å². The van der Waals surface area contributed by atoms with E-state index in [9.17, 15) is 0 Å². The Bertz CT molecular complexity index is 3430. The molecule has 3 heteroatoms. The third-order valence-corrected chi connectivity index (χ3v) is 19.7. The second-order valence-electron chi connectivity index (χ2n) is 27.1. The molecule has 3 aliphatic carbocycles. The van der Waals surface area contributed by atoms with E-state index in [4.69, 9.17) is 0 Å². The first-order valence-corrected chi connectivity index (χ1v) is 26.9. The highest BCUT2D eigenvalue weighted by molar-refractivity contribution is 6.94. The second kappa shape index (κ2) is 13.9. The molecular weight excluding hydrogens is 844 g/mol. The highest BCUT2D eigenvalue weighted by Gasteiger charge is 2.63. The van der Waals surface area contributed by atoms with Gasteiger partial charge < -0.3 is 9.71 Å². The van der Waals surface area contributed by atoms with Crippen molar-refractivity contribution in [3.05, 3.63) is 154 Å². The Morgan fingerprint density at radius 1 is 0.500 bits per heavy atom. The van der Waals surface area contributed by atoms with E-state index in [1.807, 2.05) is 0 Å². The minimum absolute atomic E-state index is 0.0132. The Morgan fingerprint density at radius 3 is 1.87 bits per heavy atom. The van der Waals surface area contributed by atoms with Crippen molar-refractivity contribution in [1.82, 2.24) is 0 Å². The van der Waals surface area contributed by atoms with Crippen LogP contribution in [0.4, 0.5) is 22.7 Å². The van der Waals surface area contributed by atoms with Crippen LogP contribution in [0.2, 0.25) is 0 Å². The molecule has 0 spiro atoms. The smallest absolute Gasteiger partial charge is 0.333 e. The summed E-state index contributed by atoms with van der Waals surface area (Å²) in [5.41, 5.74) is 26.9. The van der Waals surface area contributed by atoms with Crippen molar-refractivity contribution in [1.29, 1.82) is 0 Å². The van der Waals surface area contributed by atoms with Crippen molar-refractivity contribution in [3.8, 4) is 33.4 Å². The maximum Gasteiger partial charge on any atom is 0.333 e. The quantitative estimate of drug-likeness (QED) is 0.159. The molecule has 3 heterocycles. The van der Waals surface area contributed by atoms with Gasteiger partial charge in [-0.25, -0.2) is 0 Å². The molecule has 3 aliphatic heterocycles. The van der Waals surface area contributed by atoms with E-state index in [1.165, 1.54) is 139 Å². The molecular formula is C67H73BN2. The zero-order valence-corrected chi connectivity index (χ0v) is 44.7. The second-order valence-corrected chi connectivity index (χ2v) is 27.1. The van der Waals surface area contributed by atoms with Crippen molar-refractivity contribution in [3.63, 3.8) is 0 Å². The summed E-state index contributed by atoms with van der Waals surface area (Å²) in [6.07, 6.45) is 7.31. The molecule has 0 N–H and O–H groups in total. The first-order valence-electron chi connectivity index (χ1n) is 26.9. The molecule has 6 aliphatic rings. The molecule has 0 amide bonds. The number of fused-ring (bicyclic) bond motifs is 14. The summed E-state index contributed by atoms with van der Waals surface area (Å²) in [6, 6.07) is 46.6. The Kier molecular flexibility index (Phi) is 8.82. The monoisotopic (exact) mass is 917 g/mol. The van der Waals surface area contributed by atoms with E-state index >= 15 is 0 Å². The molecule has 0 saturated heterocycles. The van der Waals surface area contributed by atoms with Crippen LogP contribution in [0.5, 0.6) is 0 Å². The van der Waals surface area contributed by atoms with E-state index in [-0.39, 0.29) is 44.9 Å². The van der Waals surface area contributed by atoms with E-state index < -0.39 is 0 Å². The summed E-state index contributed by atoms with van der Waals surface area (Å²) >= 11 is 0. The first kappa shape index (κ1) is 44.4. The van der Waals surface area contributed by atoms with Gasteiger partial charge in [-0.3, -0.25) is 0 Å². The maximum atomic E-state index is 2.96. The Hall–Kier alpha value is -5.54. The van der Waals surface area contributed by atoms with E-state index in [2.05, 4.69) is 222 Å². The van der Waals surface area contributed by atoms with Gasteiger partial charge in [0.2, 0.25) is 0 Å². The van der Waals surface area contributed by atoms with Crippen molar-refractivity contribution in [2.24, 2.45) is 0 Å². The molecule has 2 nitrogen and oxygen atoms in total. The number of rotatable bonds is 2. The fraction of sp³-hybridized carbons (Fsp3) is 0.403. The number of hydrogen-bond acceptors (Lipinski definition) is 2. The molecule has 13 rings (SSSR count). The van der Waals surface area contributed by atoms with Gasteiger partial charge in [-0.2, -0.15) is 0 Å². The zero-order valence-electron chi connectivity index (χ0n) is 44.7. The average molecular weight is 917 g/mol. The van der Waals surface area contributed by atoms with Crippen LogP contribution in [-0.4, -0.2) is 12.4 Å². The molecule has 0 aromatic heterocycles. The Labute approximate surface area is 420 Å². The number of benzene rings is 7. The van der Waals surface area contributed by atoms with Crippen molar-refractivity contribution < 1.29 is 0 Å². The molecule has 2 unspecified atom stereocenters. The van der Waals surface area contributed by atoms with Gasteiger partial charge in [-0.15, -0.1) is 0 Å². The van der Waals surface area contributed by atoms with Crippen LogP contribution in [0.25, 0.3) is 44.2 Å². The maximum absolute atomic E-state index is 2.96. The highest BCUT2D eigenvalue weighted by Crippen LogP contribution is 2.65. The first-order chi connectivity index (χ1) is 33.0. The summed E-state index contributed by atoms with van der Waals surface area (Å²) in [5.74, 6) is 0. The molecule has 0 bridgehead atoms. The van der Waals surface area contributed by atoms with Crippen LogP contribution in [0.3, 0.4) is 0 Å². The molecule has 70 heavy (non-hydrogen) atoms. The molecule has 354 valence electrons. The summed E-state index contributed by atoms with van der Waals surface area (Å²) in [4.78, 5) is 5.83. The van der Waals surface area contributed by atoms with Crippen molar-refractivity contribution >= 4 is 51.3 Å². The van der Waals surface area contributed by atoms with Gasteiger partial charge in [0.25, 0.3) is 0 Å². The molecule has 7 aromatic carbocycles. The van der Waals surface area contributed by atoms with Crippen molar-refractivity contribution in [2.75, 3.05) is 9.71 Å². The van der Waals surface area contributed by atoms with E-state index in [0.29, 0.717) is 0 Å². The van der Waals surface area contributed by atoms with Gasteiger partial charge in [-0.05, 0) is 162 Å². The average Bonchev–Trinajstić information content (AvgIpc) is 3.68. The van der Waals surface area contributed by atoms with Crippen LogP contribution >= 0.6 is 0 Å². The molecule has 0 radical (unpaired) electrons. The van der Waals surface area contributed by atoms with Crippen molar-refractivity contribution in [2.45, 2.75) is 173 Å². The number of nitrogens with zero attached hydrogens (tertiary/aromatic N) is 2. The lowest BCUT2D eigenvalue weighted by atomic mass is 9.42. The predicted molar refractivity (Wildman–Crippen MR) is 301 cm³/mol. The van der Waals surface area contributed by atoms with Crippen LogP contribution < -0.4 is 20.6 Å². The van der Waals surface area contributed by atoms with Crippen LogP contribution in [0, 0.1) is 0 Å². The minimum Gasteiger partial charge on any atom is -0.376 e. The number of anilines is 4. The van der Waals surface area contributed by atoms with E-state index in [0.717, 1.165) is 0 Å². The molecule has 1 fully saturated rings. The number of hydrogen-bond donors (Lipinski definition) is 0. The summed E-state index contributed by atoms with van der Waals surface area (Å²) < 4.78 is 0. The lowest BCUT2D eigenvalue weighted by Gasteiger charge is -2.53. The standard InChI is InChI=1S/C67H73BN2/c1-61(2,3)42-26-28-54(46(35-42)40-22-16-15-17-23-40)70-55-29-27-45-47-38-50-51(64(9,10)33-32-63(50,7)8)39-49(47)65(11,12)57(45)56(55)48-34-41-24-18-19-25-44(41)59-58(48)68(70)53-37-43(62(4,5)6)36-52-60(53)69(59)67(14)31-21-20-30-66(52,67)13/h15-19,22-29,34-39H,20-21,30-33H2,1-14H3. The summed E-state index contributed by atoms with van der Waals surface area (Å²) in [5, 5.41) is 2.71. The third-order valence-electron chi connectivity index (χ3n) is 19.7.